The molecule has 3 heteroatoms. The van der Waals surface area contributed by atoms with Gasteiger partial charge >= 0.3 is 0 Å². The number of aliphatic imine (C=N–C) groups is 1. The number of rotatable bonds is 6. The van der Waals surface area contributed by atoms with Gasteiger partial charge in [-0.15, -0.1) is 0 Å². The van der Waals surface area contributed by atoms with Gasteiger partial charge in [-0.1, -0.05) is 115 Å². The predicted octanol–water partition coefficient (Wildman–Crippen LogP) is 10.6. The van der Waals surface area contributed by atoms with Crippen LogP contribution in [-0.2, 0) is 0 Å². The maximum Gasteiger partial charge on any atom is 0.101 e. The second-order valence-electron chi connectivity index (χ2n) is 11.3. The molecule has 0 aliphatic heterocycles. The van der Waals surface area contributed by atoms with E-state index >= 15 is 0 Å². The second kappa shape index (κ2) is 11.4. The molecule has 3 nitrogen and oxygen atoms in total. The van der Waals surface area contributed by atoms with Crippen molar-refractivity contribution in [1.82, 2.24) is 9.55 Å². The fraction of sp³-hybridized carbons (Fsp3) is 0.0476. The Morgan fingerprint density at radius 2 is 1.29 bits per heavy atom. The number of para-hydroxylation sites is 2. The Bertz CT molecular complexity index is 2200. The molecule has 1 aliphatic rings. The molecule has 1 aliphatic carbocycles. The van der Waals surface area contributed by atoms with Crippen molar-refractivity contribution >= 4 is 33.6 Å². The Labute approximate surface area is 263 Å². The van der Waals surface area contributed by atoms with Crippen molar-refractivity contribution in [2.75, 3.05) is 0 Å². The average molecular weight is 578 g/mol. The van der Waals surface area contributed by atoms with E-state index in [1.165, 1.54) is 44.1 Å². The molecule has 45 heavy (non-hydrogen) atoms. The average Bonchev–Trinajstić information content (AvgIpc) is 3.61. The van der Waals surface area contributed by atoms with Crippen LogP contribution in [0.4, 0.5) is 0 Å². The molecule has 214 valence electrons. The number of nitrogens with zero attached hydrogens (tertiary/aromatic N) is 3. The van der Waals surface area contributed by atoms with Crippen molar-refractivity contribution in [3.8, 4) is 28.1 Å². The highest BCUT2D eigenvalue weighted by Gasteiger charge is 2.26. The highest BCUT2D eigenvalue weighted by molar-refractivity contribution is 6.09. The highest BCUT2D eigenvalue weighted by atomic mass is 15.0. The van der Waals surface area contributed by atoms with E-state index in [2.05, 4.69) is 163 Å². The number of allylic oxidation sites excluding steroid dienone is 4. The number of benzene rings is 5. The van der Waals surface area contributed by atoms with E-state index in [4.69, 9.17) is 9.98 Å². The van der Waals surface area contributed by atoms with Crippen molar-refractivity contribution < 1.29 is 0 Å². The number of aromatic nitrogens is 2. The van der Waals surface area contributed by atoms with Crippen LogP contribution in [0, 0.1) is 0 Å². The lowest BCUT2D eigenvalue weighted by Crippen LogP contribution is -1.95. The quantitative estimate of drug-likeness (QED) is 0.143. The van der Waals surface area contributed by atoms with Gasteiger partial charge in [0, 0.05) is 28.2 Å². The lowest BCUT2D eigenvalue weighted by atomic mass is 10.1. The van der Waals surface area contributed by atoms with Gasteiger partial charge in [0.15, 0.2) is 0 Å². The summed E-state index contributed by atoms with van der Waals surface area (Å²) < 4.78 is 2.35. The van der Waals surface area contributed by atoms with Gasteiger partial charge in [0.25, 0.3) is 0 Å². The molecule has 0 fully saturated rings. The third-order valence-electron chi connectivity index (χ3n) is 8.73. The van der Waals surface area contributed by atoms with E-state index in [1.54, 1.807) is 0 Å². The Hall–Kier alpha value is -5.80. The molecule has 0 N–H and O–H groups in total. The summed E-state index contributed by atoms with van der Waals surface area (Å²) in [5, 5.41) is 2.51. The van der Waals surface area contributed by atoms with Gasteiger partial charge in [-0.25, -0.2) is 4.98 Å². The fourth-order valence-corrected chi connectivity index (χ4v) is 6.66. The van der Waals surface area contributed by atoms with Crippen LogP contribution in [0.1, 0.15) is 29.8 Å². The van der Waals surface area contributed by atoms with Crippen molar-refractivity contribution in [1.29, 1.82) is 0 Å². The molecular formula is C42H31N3. The largest absolute Gasteiger partial charge is 0.309 e. The third-order valence-corrected chi connectivity index (χ3v) is 8.73. The minimum absolute atomic E-state index is 0.0133. The maximum absolute atomic E-state index is 5.10. The van der Waals surface area contributed by atoms with Crippen LogP contribution in [0.15, 0.2) is 163 Å². The summed E-state index contributed by atoms with van der Waals surface area (Å²) in [7, 11) is 0. The lowest BCUT2D eigenvalue weighted by molar-refractivity contribution is 0.909. The first kappa shape index (κ1) is 26.8. The first-order chi connectivity index (χ1) is 22.3. The molecule has 0 radical (unpaired) electrons. The van der Waals surface area contributed by atoms with Gasteiger partial charge < -0.3 is 4.57 Å². The van der Waals surface area contributed by atoms with Crippen LogP contribution in [0.25, 0.3) is 55.5 Å². The number of hydrogen-bond donors (Lipinski definition) is 0. The van der Waals surface area contributed by atoms with Gasteiger partial charge in [-0.05, 0) is 77.2 Å². The first-order valence-electron chi connectivity index (χ1n) is 15.4. The van der Waals surface area contributed by atoms with Crippen LogP contribution >= 0.6 is 0 Å². The molecule has 2 aromatic heterocycles. The molecule has 0 saturated carbocycles. The normalized spacial score (nSPS) is 13.3. The predicted molar refractivity (Wildman–Crippen MR) is 189 cm³/mol. The first-order valence-corrected chi connectivity index (χ1v) is 15.4. The summed E-state index contributed by atoms with van der Waals surface area (Å²) >= 11 is 0. The monoisotopic (exact) mass is 577 g/mol. The smallest absolute Gasteiger partial charge is 0.101 e. The second-order valence-corrected chi connectivity index (χ2v) is 11.3. The molecule has 0 saturated heterocycles. The summed E-state index contributed by atoms with van der Waals surface area (Å²) in [5.74, 6) is 0. The van der Waals surface area contributed by atoms with E-state index in [1.807, 2.05) is 12.3 Å². The summed E-state index contributed by atoms with van der Waals surface area (Å²) in [5.41, 5.74) is 12.6. The van der Waals surface area contributed by atoms with Crippen LogP contribution in [0.3, 0.4) is 0 Å². The lowest BCUT2D eigenvalue weighted by Gasteiger charge is -2.11. The van der Waals surface area contributed by atoms with Crippen LogP contribution < -0.4 is 0 Å². The molecule has 0 bridgehead atoms. The Morgan fingerprint density at radius 1 is 0.667 bits per heavy atom. The number of pyridine rings is 1. The van der Waals surface area contributed by atoms with Crippen LogP contribution in [0.2, 0.25) is 0 Å². The van der Waals surface area contributed by atoms with Crippen LogP contribution in [-0.4, -0.2) is 15.8 Å². The van der Waals surface area contributed by atoms with Gasteiger partial charge in [0.1, 0.15) is 6.04 Å². The molecule has 0 atom stereocenters. The van der Waals surface area contributed by atoms with E-state index < -0.39 is 0 Å². The van der Waals surface area contributed by atoms with Crippen molar-refractivity contribution in [2.45, 2.75) is 13.0 Å². The van der Waals surface area contributed by atoms with Crippen LogP contribution in [0.5, 0.6) is 0 Å². The summed E-state index contributed by atoms with van der Waals surface area (Å²) in [4.78, 5) is 10.1. The minimum atomic E-state index is 0.0133. The molecule has 0 unspecified atom stereocenters. The summed E-state index contributed by atoms with van der Waals surface area (Å²) in [6.45, 7) is 2.05. The molecule has 0 amide bonds. The molecule has 2 heterocycles. The Morgan fingerprint density at radius 3 is 1.98 bits per heavy atom. The topological polar surface area (TPSA) is 30.2 Å². The zero-order chi connectivity index (χ0) is 30.2. The molecule has 7 aromatic rings. The third kappa shape index (κ3) is 4.70. The Kier molecular flexibility index (Phi) is 6.77. The SMILES string of the molecule is C\C=C(/C=C\C=N\C1c2ccccc2-c2ccccc21)c1cccc(-c2cccc(-n3c4ccccc4c4ccccc43)c2)n1. The highest BCUT2D eigenvalue weighted by Crippen LogP contribution is 2.45. The molecule has 0 spiro atoms. The molecular weight excluding hydrogens is 546 g/mol. The van der Waals surface area contributed by atoms with E-state index in [0.29, 0.717) is 0 Å². The van der Waals surface area contributed by atoms with Gasteiger partial charge in [0.05, 0.1) is 22.4 Å². The fourth-order valence-electron chi connectivity index (χ4n) is 6.66. The Balaban J connectivity index is 1.09. The van der Waals surface area contributed by atoms with E-state index in [9.17, 15) is 0 Å². The summed E-state index contributed by atoms with van der Waals surface area (Å²) in [6.07, 6.45) is 8.14. The maximum atomic E-state index is 5.10. The van der Waals surface area contributed by atoms with E-state index in [-0.39, 0.29) is 6.04 Å². The minimum Gasteiger partial charge on any atom is -0.309 e. The van der Waals surface area contributed by atoms with E-state index in [0.717, 1.165) is 28.2 Å². The molecule has 8 rings (SSSR count). The number of hydrogen-bond acceptors (Lipinski definition) is 2. The van der Waals surface area contributed by atoms with Crippen molar-refractivity contribution in [2.24, 2.45) is 4.99 Å². The zero-order valence-corrected chi connectivity index (χ0v) is 25.0. The van der Waals surface area contributed by atoms with Gasteiger partial charge in [0.2, 0.25) is 0 Å². The van der Waals surface area contributed by atoms with Crippen molar-refractivity contribution in [3.63, 3.8) is 0 Å². The zero-order valence-electron chi connectivity index (χ0n) is 25.0. The standard InChI is InChI=1S/C42H31N3/c1-2-29(15-13-27-43-42-36-21-5-3-17-32(36)33-18-4-6-22-37(33)42)38-23-12-24-39(44-38)30-14-11-16-31(28-30)45-40-25-9-7-19-34(40)35-20-8-10-26-41(35)45/h2-28,42H,1H3/b15-13-,29-2+,43-27+. The summed E-state index contributed by atoms with van der Waals surface area (Å²) in [6, 6.07) is 49.3. The van der Waals surface area contributed by atoms with Gasteiger partial charge in [-0.3, -0.25) is 4.99 Å². The molecule has 5 aromatic carbocycles. The number of fused-ring (bicyclic) bond motifs is 6. The van der Waals surface area contributed by atoms with Gasteiger partial charge in [-0.2, -0.15) is 0 Å². The van der Waals surface area contributed by atoms with Crippen molar-refractivity contribution in [3.05, 3.63) is 175 Å².